The van der Waals surface area contributed by atoms with E-state index in [1.807, 2.05) is 13.8 Å². The lowest BCUT2D eigenvalue weighted by molar-refractivity contribution is 0.222. The molecule has 1 rings (SSSR count). The molecule has 0 fully saturated rings. The molecule has 0 unspecified atom stereocenters. The number of aryl methyl sites for hydroxylation is 1. The molecule has 0 aromatic heterocycles. The summed E-state index contributed by atoms with van der Waals surface area (Å²) in [4.78, 5) is 0. The molecule has 16 heavy (non-hydrogen) atoms. The molecular formula is C13H18F2O. The highest BCUT2D eigenvalue weighted by Gasteiger charge is 2.13. The molecule has 90 valence electrons. The van der Waals surface area contributed by atoms with Crippen LogP contribution < -0.4 is 4.74 Å². The van der Waals surface area contributed by atoms with Crippen molar-refractivity contribution in [1.82, 2.24) is 0 Å². The molecule has 1 aromatic rings. The summed E-state index contributed by atoms with van der Waals surface area (Å²) in [6.45, 7) is 6.10. The summed E-state index contributed by atoms with van der Waals surface area (Å²) in [5.74, 6) is -1.15. The smallest absolute Gasteiger partial charge is 0.190 e. The van der Waals surface area contributed by atoms with Crippen molar-refractivity contribution in [1.29, 1.82) is 0 Å². The van der Waals surface area contributed by atoms with E-state index in [0.717, 1.165) is 12.8 Å². The lowest BCUT2D eigenvalue weighted by Crippen LogP contribution is -2.11. The zero-order valence-electron chi connectivity index (χ0n) is 10.0. The van der Waals surface area contributed by atoms with Crippen molar-refractivity contribution in [2.45, 2.75) is 33.6 Å². The topological polar surface area (TPSA) is 9.23 Å². The van der Waals surface area contributed by atoms with Crippen molar-refractivity contribution < 1.29 is 13.5 Å². The Morgan fingerprint density at radius 3 is 2.06 bits per heavy atom. The first-order valence-corrected chi connectivity index (χ1v) is 5.66. The molecule has 0 aliphatic carbocycles. The van der Waals surface area contributed by atoms with Gasteiger partial charge in [0.15, 0.2) is 17.4 Å². The number of hydrogen-bond donors (Lipinski definition) is 0. The Labute approximate surface area is 95.4 Å². The molecule has 1 nitrogen and oxygen atoms in total. The molecule has 0 N–H and O–H groups in total. The summed E-state index contributed by atoms with van der Waals surface area (Å²) in [7, 11) is 0. The highest BCUT2D eigenvalue weighted by atomic mass is 19.1. The summed E-state index contributed by atoms with van der Waals surface area (Å²) >= 11 is 0. The molecule has 0 saturated heterocycles. The van der Waals surface area contributed by atoms with Gasteiger partial charge in [-0.2, -0.15) is 0 Å². The Hall–Kier alpha value is -1.12. The molecule has 0 heterocycles. The fourth-order valence-electron chi connectivity index (χ4n) is 1.55. The van der Waals surface area contributed by atoms with Crippen LogP contribution in [0.3, 0.4) is 0 Å². The Balaban J connectivity index is 2.74. The van der Waals surface area contributed by atoms with E-state index >= 15 is 0 Å². The second kappa shape index (κ2) is 5.83. The maximum atomic E-state index is 13.4. The Morgan fingerprint density at radius 2 is 1.62 bits per heavy atom. The molecule has 0 saturated carbocycles. The van der Waals surface area contributed by atoms with Gasteiger partial charge in [0, 0.05) is 0 Å². The number of ether oxygens (including phenoxy) is 1. The molecule has 3 heteroatoms. The quantitative estimate of drug-likeness (QED) is 0.737. The summed E-state index contributed by atoms with van der Waals surface area (Å²) in [5, 5.41) is 0. The van der Waals surface area contributed by atoms with Gasteiger partial charge in [-0.15, -0.1) is 0 Å². The van der Waals surface area contributed by atoms with Crippen molar-refractivity contribution in [3.8, 4) is 5.75 Å². The fourth-order valence-corrected chi connectivity index (χ4v) is 1.55. The van der Waals surface area contributed by atoms with Gasteiger partial charge in [0.2, 0.25) is 0 Å². The molecule has 0 amide bonds. The van der Waals surface area contributed by atoms with Gasteiger partial charge in [-0.25, -0.2) is 8.78 Å². The van der Waals surface area contributed by atoms with Crippen LogP contribution in [-0.2, 0) is 0 Å². The molecule has 0 atom stereocenters. The maximum absolute atomic E-state index is 13.4. The highest BCUT2D eigenvalue weighted by molar-refractivity contribution is 5.30. The zero-order chi connectivity index (χ0) is 12.1. The monoisotopic (exact) mass is 228 g/mol. The van der Waals surface area contributed by atoms with Crippen LogP contribution in [-0.4, -0.2) is 6.61 Å². The third-order valence-corrected chi connectivity index (χ3v) is 2.76. The predicted octanol–water partition coefficient (Wildman–Crippen LogP) is 4.09. The maximum Gasteiger partial charge on any atom is 0.190 e. The molecule has 0 spiro atoms. The van der Waals surface area contributed by atoms with E-state index in [1.54, 1.807) is 6.92 Å². The van der Waals surface area contributed by atoms with Crippen LogP contribution in [0.5, 0.6) is 5.75 Å². The number of hydrogen-bond acceptors (Lipinski definition) is 1. The van der Waals surface area contributed by atoms with E-state index in [2.05, 4.69) is 0 Å². The Kier molecular flexibility index (Phi) is 4.71. The minimum absolute atomic E-state index is 0.252. The minimum Gasteiger partial charge on any atom is -0.487 e. The fraction of sp³-hybridized carbons (Fsp3) is 0.538. The molecule has 0 aliphatic heterocycles. The molecular weight excluding hydrogens is 210 g/mol. The molecule has 1 aromatic carbocycles. The van der Waals surface area contributed by atoms with E-state index in [9.17, 15) is 8.78 Å². The van der Waals surface area contributed by atoms with Gasteiger partial charge in [0.05, 0.1) is 6.61 Å². The average molecular weight is 228 g/mol. The van der Waals surface area contributed by atoms with Crippen LogP contribution >= 0.6 is 0 Å². The van der Waals surface area contributed by atoms with Crippen LogP contribution in [0.4, 0.5) is 8.78 Å². The second-order valence-electron chi connectivity index (χ2n) is 4.05. The SMILES string of the molecule is CCC(CC)COc1c(F)cc(C)cc1F. The first-order chi connectivity index (χ1) is 7.58. The van der Waals surface area contributed by atoms with Crippen molar-refractivity contribution >= 4 is 0 Å². The van der Waals surface area contributed by atoms with Crippen LogP contribution in [0.2, 0.25) is 0 Å². The Bertz CT molecular complexity index is 323. The van der Waals surface area contributed by atoms with Gasteiger partial charge >= 0.3 is 0 Å². The minimum atomic E-state index is -0.622. The Morgan fingerprint density at radius 1 is 1.12 bits per heavy atom. The second-order valence-corrected chi connectivity index (χ2v) is 4.05. The first-order valence-electron chi connectivity index (χ1n) is 5.66. The number of benzene rings is 1. The van der Waals surface area contributed by atoms with Crippen LogP contribution in [0.25, 0.3) is 0 Å². The third-order valence-electron chi connectivity index (χ3n) is 2.76. The molecule has 0 radical (unpaired) electrons. The first kappa shape index (κ1) is 12.9. The largest absolute Gasteiger partial charge is 0.487 e. The van der Waals surface area contributed by atoms with Crippen molar-refractivity contribution in [3.63, 3.8) is 0 Å². The van der Waals surface area contributed by atoms with E-state index in [0.29, 0.717) is 18.1 Å². The van der Waals surface area contributed by atoms with Crippen molar-refractivity contribution in [2.24, 2.45) is 5.92 Å². The van der Waals surface area contributed by atoms with Crippen LogP contribution in [0.1, 0.15) is 32.3 Å². The third kappa shape index (κ3) is 3.19. The summed E-state index contributed by atoms with van der Waals surface area (Å²) in [6.07, 6.45) is 1.90. The van der Waals surface area contributed by atoms with Gasteiger partial charge < -0.3 is 4.74 Å². The van der Waals surface area contributed by atoms with Crippen LogP contribution in [0, 0.1) is 24.5 Å². The van der Waals surface area contributed by atoms with Gasteiger partial charge in [-0.1, -0.05) is 26.7 Å². The standard InChI is InChI=1S/C13H18F2O/c1-4-10(5-2)8-16-13-11(14)6-9(3)7-12(13)15/h6-7,10H,4-5,8H2,1-3H3. The van der Waals surface area contributed by atoms with Gasteiger partial charge in [0.1, 0.15) is 0 Å². The van der Waals surface area contributed by atoms with Gasteiger partial charge in [-0.05, 0) is 30.5 Å². The van der Waals surface area contributed by atoms with Gasteiger partial charge in [-0.3, -0.25) is 0 Å². The van der Waals surface area contributed by atoms with Crippen LogP contribution in [0.15, 0.2) is 12.1 Å². The summed E-state index contributed by atoms with van der Waals surface area (Å²) in [6, 6.07) is 2.57. The number of halogens is 2. The predicted molar refractivity (Wildman–Crippen MR) is 60.7 cm³/mol. The lowest BCUT2D eigenvalue weighted by Gasteiger charge is -2.14. The molecule has 0 aliphatic rings. The summed E-state index contributed by atoms with van der Waals surface area (Å²) in [5.41, 5.74) is 0.560. The normalized spacial score (nSPS) is 10.9. The zero-order valence-corrected chi connectivity index (χ0v) is 10.0. The van der Waals surface area contributed by atoms with E-state index in [1.165, 1.54) is 12.1 Å². The average Bonchev–Trinajstić information content (AvgIpc) is 2.22. The lowest BCUT2D eigenvalue weighted by atomic mass is 10.1. The van der Waals surface area contributed by atoms with Crippen molar-refractivity contribution in [3.05, 3.63) is 29.3 Å². The van der Waals surface area contributed by atoms with Crippen molar-refractivity contribution in [2.75, 3.05) is 6.61 Å². The van der Waals surface area contributed by atoms with E-state index in [-0.39, 0.29) is 5.75 Å². The summed E-state index contributed by atoms with van der Waals surface area (Å²) < 4.78 is 32.0. The van der Waals surface area contributed by atoms with E-state index < -0.39 is 11.6 Å². The molecule has 0 bridgehead atoms. The van der Waals surface area contributed by atoms with Gasteiger partial charge in [0.25, 0.3) is 0 Å². The highest BCUT2D eigenvalue weighted by Crippen LogP contribution is 2.24. The number of rotatable bonds is 5. The van der Waals surface area contributed by atoms with E-state index in [4.69, 9.17) is 4.74 Å².